The zero-order valence-electron chi connectivity index (χ0n) is 21.5. The minimum absolute atomic E-state index is 0.768. The van der Waals surface area contributed by atoms with Gasteiger partial charge >= 0.3 is 0 Å². The van der Waals surface area contributed by atoms with Gasteiger partial charge in [-0.05, 0) is 181 Å². The molecule has 20 aliphatic rings. The van der Waals surface area contributed by atoms with E-state index < -0.39 is 0 Å². The lowest BCUT2D eigenvalue weighted by Crippen LogP contribution is -3.32. The zero-order valence-corrected chi connectivity index (χ0v) is 21.5. The maximum atomic E-state index is 6.99. The summed E-state index contributed by atoms with van der Waals surface area (Å²) in [5, 5.41) is 4.24. The minimum Gasteiger partial charge on any atom is -0.330 e. The van der Waals surface area contributed by atoms with E-state index in [0.29, 0.717) is 0 Å². The molecular formula is C35H34N2. The summed E-state index contributed by atoms with van der Waals surface area (Å²) in [6, 6.07) is 1.99. The molecule has 0 aromatic heterocycles. The van der Waals surface area contributed by atoms with Gasteiger partial charge in [0.05, 0.1) is 0 Å². The zero-order chi connectivity index (χ0) is 22.1. The van der Waals surface area contributed by atoms with Crippen LogP contribution in [0.5, 0.6) is 0 Å². The highest BCUT2D eigenvalue weighted by molar-refractivity contribution is 5.80. The van der Waals surface area contributed by atoms with Gasteiger partial charge < -0.3 is 11.1 Å². The fraction of sp³-hybridized carbons (Fsp3) is 1.00. The van der Waals surface area contributed by atoms with E-state index in [1.165, 1.54) is 101 Å². The first-order chi connectivity index (χ1) is 18.2. The molecule has 30 atom stereocenters. The molecular weight excluding hydrogens is 448 g/mol. The molecule has 0 amide bonds. The molecule has 20 rings (SSSR count). The van der Waals surface area contributed by atoms with Crippen molar-refractivity contribution < 1.29 is 0 Å². The molecule has 2 heteroatoms. The highest BCUT2D eigenvalue weighted by Gasteiger charge is 3.34. The van der Waals surface area contributed by atoms with Crippen LogP contribution in [0.3, 0.4) is 0 Å². The summed E-state index contributed by atoms with van der Waals surface area (Å²) in [4.78, 5) is 0. The van der Waals surface area contributed by atoms with E-state index in [1.54, 1.807) is 19.3 Å². The number of piperidine rings is 2. The lowest BCUT2D eigenvalue weighted by Gasteiger charge is -3.32. The monoisotopic (exact) mass is 482 g/mol. The molecule has 1 aliphatic heterocycles. The van der Waals surface area contributed by atoms with Gasteiger partial charge in [0.2, 0.25) is 0 Å². The van der Waals surface area contributed by atoms with E-state index in [1.807, 2.05) is 0 Å². The molecule has 0 aromatic rings. The lowest BCUT2D eigenvalue weighted by atomic mass is 8.71. The molecule has 2 nitrogen and oxygen atoms in total. The van der Waals surface area contributed by atoms with Crippen LogP contribution in [0, 0.1) is 161 Å². The molecule has 0 aromatic carbocycles. The van der Waals surface area contributed by atoms with E-state index in [-0.39, 0.29) is 0 Å². The maximum Gasteiger partial charge on any atom is 0.0212 e. The van der Waals surface area contributed by atoms with Crippen molar-refractivity contribution in [2.45, 2.75) is 38.3 Å². The largest absolute Gasteiger partial charge is 0.330 e. The Morgan fingerprint density at radius 2 is 1.22 bits per heavy atom. The average molecular weight is 483 g/mol. The number of hydrogen-bond acceptors (Lipinski definition) is 2. The van der Waals surface area contributed by atoms with Crippen molar-refractivity contribution in [2.75, 3.05) is 6.54 Å². The second-order valence-electron chi connectivity index (χ2n) is 21.2. The summed E-state index contributed by atoms with van der Waals surface area (Å²) in [6.07, 6.45) is 5.00. The Morgan fingerprint density at radius 1 is 0.622 bits per heavy atom. The van der Waals surface area contributed by atoms with Crippen molar-refractivity contribution in [1.82, 2.24) is 5.32 Å². The summed E-state index contributed by atoms with van der Waals surface area (Å²) in [5.41, 5.74) is 16.4. The van der Waals surface area contributed by atoms with Gasteiger partial charge in [-0.1, -0.05) is 6.92 Å². The van der Waals surface area contributed by atoms with Gasteiger partial charge in [0.25, 0.3) is 0 Å². The van der Waals surface area contributed by atoms with Crippen molar-refractivity contribution >= 4 is 0 Å². The molecule has 3 N–H and O–H groups in total. The first-order valence-electron chi connectivity index (χ1n) is 17.7. The third-order valence-electron chi connectivity index (χ3n) is 26.2. The van der Waals surface area contributed by atoms with Gasteiger partial charge in [0.15, 0.2) is 0 Å². The van der Waals surface area contributed by atoms with Crippen LogP contribution in [0.1, 0.15) is 26.2 Å². The Labute approximate surface area is 216 Å². The van der Waals surface area contributed by atoms with E-state index in [9.17, 15) is 0 Å². The predicted molar refractivity (Wildman–Crippen MR) is 126 cm³/mol. The third kappa shape index (κ3) is 0.509. The Bertz CT molecular complexity index is 1750. The second-order valence-corrected chi connectivity index (χ2v) is 21.2. The fourth-order valence-electron chi connectivity index (χ4n) is 30.2. The summed E-state index contributed by atoms with van der Waals surface area (Å²) in [5.74, 6) is 22.1. The molecule has 9 spiro atoms. The van der Waals surface area contributed by atoms with E-state index in [2.05, 4.69) is 12.2 Å². The van der Waals surface area contributed by atoms with Crippen LogP contribution in [-0.2, 0) is 0 Å². The topological polar surface area (TPSA) is 38.0 Å². The van der Waals surface area contributed by atoms with Crippen molar-refractivity contribution in [1.29, 1.82) is 0 Å². The first kappa shape index (κ1) is 15.2. The fourth-order valence-corrected chi connectivity index (χ4v) is 30.2. The summed E-state index contributed by atoms with van der Waals surface area (Å²) in [7, 11) is 0. The average Bonchev–Trinajstić information content (AvgIpc) is 2.99. The summed E-state index contributed by atoms with van der Waals surface area (Å²) < 4.78 is 0. The number of hydrogen-bond donors (Lipinski definition) is 2. The molecule has 37 heavy (non-hydrogen) atoms. The van der Waals surface area contributed by atoms with E-state index in [0.717, 1.165) is 78.7 Å². The Kier molecular flexibility index (Phi) is 1.16. The normalized spacial score (nSPS) is 113. The van der Waals surface area contributed by atoms with Crippen LogP contribution >= 0.6 is 0 Å². The highest BCUT2D eigenvalue weighted by atomic mass is 15.4. The number of fused-ring (bicyclic) bond motifs is 15. The van der Waals surface area contributed by atoms with Crippen LogP contribution in [-0.4, -0.2) is 18.6 Å². The molecule has 20 fully saturated rings. The smallest absolute Gasteiger partial charge is 0.0212 e. The van der Waals surface area contributed by atoms with Crippen molar-refractivity contribution in [3.05, 3.63) is 0 Å². The van der Waals surface area contributed by atoms with Crippen molar-refractivity contribution in [3.63, 3.8) is 0 Å². The molecule has 19 saturated carbocycles. The van der Waals surface area contributed by atoms with Crippen LogP contribution in [0.25, 0.3) is 0 Å². The van der Waals surface area contributed by atoms with Gasteiger partial charge in [-0.2, -0.15) is 0 Å². The van der Waals surface area contributed by atoms with Crippen LogP contribution < -0.4 is 11.1 Å². The van der Waals surface area contributed by atoms with Crippen LogP contribution in [0.4, 0.5) is 0 Å². The van der Waals surface area contributed by atoms with Crippen molar-refractivity contribution in [3.8, 4) is 0 Å². The van der Waals surface area contributed by atoms with E-state index >= 15 is 0 Å². The Morgan fingerprint density at radius 3 is 1.95 bits per heavy atom. The SMILES string of the molecule is C[C@]12C3NC4CC5C6C7C8C9C(CN)C%10C%11C%12C%13CC%14CC%15C%16C%17C%18C%19C%20C1C7(C8%20C9%19C%10%18C%11%17C%12%16C%14%13%15)C62C453. The van der Waals surface area contributed by atoms with Crippen molar-refractivity contribution in [2.24, 2.45) is 166 Å². The molecule has 184 valence electrons. The van der Waals surface area contributed by atoms with Crippen LogP contribution in [0.2, 0.25) is 0 Å². The number of nitrogens with two attached hydrogens (primary N) is 1. The molecule has 1 saturated heterocycles. The molecule has 0 radical (unpaired) electrons. The maximum absolute atomic E-state index is 6.99. The summed E-state index contributed by atoms with van der Waals surface area (Å²) in [6.45, 7) is 4.01. The molecule has 1 heterocycles. The van der Waals surface area contributed by atoms with Crippen LogP contribution in [0.15, 0.2) is 0 Å². The minimum atomic E-state index is 0.768. The lowest BCUT2D eigenvalue weighted by molar-refractivity contribution is -0.863. The second kappa shape index (κ2) is 2.81. The van der Waals surface area contributed by atoms with E-state index in [4.69, 9.17) is 5.73 Å². The quantitative estimate of drug-likeness (QED) is 0.603. The van der Waals surface area contributed by atoms with Gasteiger partial charge in [-0.3, -0.25) is 0 Å². The molecule has 0 bridgehead atoms. The van der Waals surface area contributed by atoms with Gasteiger partial charge in [0, 0.05) is 17.5 Å². The van der Waals surface area contributed by atoms with Gasteiger partial charge in [-0.25, -0.2) is 0 Å². The first-order valence-corrected chi connectivity index (χ1v) is 17.7. The Hall–Kier alpha value is -0.0800. The van der Waals surface area contributed by atoms with Gasteiger partial charge in [-0.15, -0.1) is 0 Å². The number of rotatable bonds is 1. The molecule has 29 unspecified atom stereocenters. The standard InChI is InChI=1S/C35H34N2/c1-26-24-23-22-21-19-15-9-3-6-2-8-14-17-12-7(5-36)13-18-20-16-10-4-11-28(10,25(26)37-11)35(16,26)34(20,24)33(18,23)31(13,22)30(12,21)32(17,19)29(14,15)27(6,8)9/h6-25,37H,2-5,36H2,1H3/t6?,7?,8?,9?,10?,11?,12?,13?,14?,15?,16?,17?,18?,19?,20?,21?,22?,23?,24?,25?,26-,27?,28?,29?,30?,31?,32?,33?,34?,35?/m1/s1. The third-order valence-corrected chi connectivity index (χ3v) is 26.2. The molecule has 19 aliphatic carbocycles. The highest BCUT2D eigenvalue weighted by Crippen LogP contribution is 3.35. The predicted octanol–water partition coefficient (Wildman–Crippen LogP) is 2.69. The Balaban J connectivity index is 0.909. The van der Waals surface area contributed by atoms with Gasteiger partial charge in [0.1, 0.15) is 0 Å². The number of nitrogens with one attached hydrogen (secondary N) is 1. The summed E-state index contributed by atoms with van der Waals surface area (Å²) >= 11 is 0.